The van der Waals surface area contributed by atoms with Gasteiger partial charge in [0.1, 0.15) is 5.82 Å². The van der Waals surface area contributed by atoms with Gasteiger partial charge in [0.15, 0.2) is 5.11 Å². The van der Waals surface area contributed by atoms with Gasteiger partial charge in [-0.1, -0.05) is 23.7 Å². The molecule has 4 nitrogen and oxygen atoms in total. The van der Waals surface area contributed by atoms with E-state index in [0.717, 1.165) is 17.1 Å². The fourth-order valence-electron chi connectivity index (χ4n) is 2.19. The number of aryl methyl sites for hydroxylation is 1. The van der Waals surface area contributed by atoms with Gasteiger partial charge in [-0.3, -0.25) is 4.68 Å². The molecule has 0 aliphatic carbocycles. The Balaban J connectivity index is 2.24. The molecule has 0 fully saturated rings. The molecule has 0 spiro atoms. The highest BCUT2D eigenvalue weighted by atomic mass is 35.5. The third-order valence-electron chi connectivity index (χ3n) is 3.40. The number of benzene rings is 1. The maximum absolute atomic E-state index is 13.9. The van der Waals surface area contributed by atoms with E-state index in [1.807, 2.05) is 13.8 Å². The minimum atomic E-state index is -0.345. The number of hydrogen-bond donors (Lipinski definition) is 2. The average molecular weight is 353 g/mol. The Kier molecular flexibility index (Phi) is 5.74. The van der Waals surface area contributed by atoms with Crippen LogP contribution in [0.4, 0.5) is 10.1 Å². The molecule has 0 radical (unpaired) electrons. The third-order valence-corrected chi connectivity index (χ3v) is 4.00. The van der Waals surface area contributed by atoms with Crippen LogP contribution in [-0.4, -0.2) is 21.4 Å². The number of thiocarbonyl (C=S) groups is 1. The number of hydrogen-bond acceptors (Lipinski definition) is 2. The summed E-state index contributed by atoms with van der Waals surface area (Å²) in [7, 11) is 0. The second kappa shape index (κ2) is 7.57. The lowest BCUT2D eigenvalue weighted by atomic mass is 10.2. The van der Waals surface area contributed by atoms with Gasteiger partial charge in [0.2, 0.25) is 0 Å². The molecular weight excluding hydrogens is 335 g/mol. The molecule has 0 amide bonds. The van der Waals surface area contributed by atoms with Crippen LogP contribution in [0.15, 0.2) is 30.9 Å². The van der Waals surface area contributed by atoms with Crippen molar-refractivity contribution in [3.8, 4) is 0 Å². The summed E-state index contributed by atoms with van der Waals surface area (Å²) in [5.41, 5.74) is 2.85. The number of nitrogens with zero attached hydrogens (tertiary/aromatic N) is 2. The molecule has 1 aromatic carbocycles. The molecule has 2 N–H and O–H groups in total. The fraction of sp³-hybridized carbons (Fsp3) is 0.250. The zero-order valence-corrected chi connectivity index (χ0v) is 14.6. The maximum Gasteiger partial charge on any atom is 0.171 e. The van der Waals surface area contributed by atoms with E-state index in [0.29, 0.717) is 22.2 Å². The highest BCUT2D eigenvalue weighted by molar-refractivity contribution is 7.80. The van der Waals surface area contributed by atoms with Crippen LogP contribution in [0.25, 0.3) is 0 Å². The molecule has 0 aliphatic rings. The first-order valence-electron chi connectivity index (χ1n) is 7.06. The van der Waals surface area contributed by atoms with Gasteiger partial charge in [0.05, 0.1) is 23.6 Å². The zero-order valence-electron chi connectivity index (χ0n) is 13.0. The topological polar surface area (TPSA) is 41.9 Å². The van der Waals surface area contributed by atoms with E-state index in [4.69, 9.17) is 23.8 Å². The Morgan fingerprint density at radius 1 is 1.48 bits per heavy atom. The standard InChI is InChI=1S/C16H18ClFN4S/c1-4-8-19-16(23)20-15-10(2)21-22(11(15)3)9-12-13(17)6-5-7-14(12)18/h4-7H,1,8-9H2,2-3H3,(H2,19,20,23). The predicted octanol–water partition coefficient (Wildman–Crippen LogP) is 3.81. The zero-order chi connectivity index (χ0) is 17.0. The average Bonchev–Trinajstić information content (AvgIpc) is 2.76. The first kappa shape index (κ1) is 17.4. The molecule has 0 saturated carbocycles. The molecule has 0 atom stereocenters. The molecule has 1 heterocycles. The lowest BCUT2D eigenvalue weighted by molar-refractivity contribution is 0.579. The van der Waals surface area contributed by atoms with Crippen LogP contribution in [0, 0.1) is 19.7 Å². The van der Waals surface area contributed by atoms with Gasteiger partial charge in [-0.15, -0.1) is 6.58 Å². The summed E-state index contributed by atoms with van der Waals surface area (Å²) in [6, 6.07) is 4.64. The van der Waals surface area contributed by atoms with Crippen LogP contribution in [-0.2, 0) is 6.54 Å². The maximum atomic E-state index is 13.9. The van der Waals surface area contributed by atoms with Crippen LogP contribution in [0.2, 0.25) is 5.02 Å². The molecule has 2 rings (SSSR count). The Hall–Kier alpha value is -1.92. The number of nitrogens with one attached hydrogen (secondary N) is 2. The van der Waals surface area contributed by atoms with Gasteiger partial charge in [0, 0.05) is 17.1 Å². The van der Waals surface area contributed by atoms with Gasteiger partial charge in [0.25, 0.3) is 0 Å². The number of anilines is 1. The van der Waals surface area contributed by atoms with Gasteiger partial charge in [-0.05, 0) is 38.2 Å². The summed E-state index contributed by atoms with van der Waals surface area (Å²) < 4.78 is 15.6. The molecule has 0 unspecified atom stereocenters. The summed E-state index contributed by atoms with van der Waals surface area (Å²) >= 11 is 11.3. The predicted molar refractivity (Wildman–Crippen MR) is 96.6 cm³/mol. The largest absolute Gasteiger partial charge is 0.359 e. The Labute approximate surface area is 145 Å². The highest BCUT2D eigenvalue weighted by Gasteiger charge is 2.15. The van der Waals surface area contributed by atoms with Crippen molar-refractivity contribution in [2.45, 2.75) is 20.4 Å². The molecule has 23 heavy (non-hydrogen) atoms. The first-order valence-corrected chi connectivity index (χ1v) is 7.85. The van der Waals surface area contributed by atoms with Crippen molar-refractivity contribution < 1.29 is 4.39 Å². The van der Waals surface area contributed by atoms with Crippen molar-refractivity contribution in [2.24, 2.45) is 0 Å². The van der Waals surface area contributed by atoms with Crippen LogP contribution in [0.5, 0.6) is 0 Å². The first-order chi connectivity index (χ1) is 10.9. The summed E-state index contributed by atoms with van der Waals surface area (Å²) in [5, 5.41) is 11.4. The second-order valence-corrected chi connectivity index (χ2v) is 5.84. The van der Waals surface area contributed by atoms with E-state index in [9.17, 15) is 4.39 Å². The molecule has 1 aromatic heterocycles. The van der Waals surface area contributed by atoms with Crippen molar-refractivity contribution >= 4 is 34.6 Å². The Bertz CT molecular complexity index is 722. The second-order valence-electron chi connectivity index (χ2n) is 5.03. The summed E-state index contributed by atoms with van der Waals surface area (Å²) in [6.07, 6.45) is 1.72. The molecule has 7 heteroatoms. The summed E-state index contributed by atoms with van der Waals surface area (Å²) in [4.78, 5) is 0. The highest BCUT2D eigenvalue weighted by Crippen LogP contribution is 2.24. The minimum absolute atomic E-state index is 0.257. The van der Waals surface area contributed by atoms with Crippen molar-refractivity contribution in [3.63, 3.8) is 0 Å². The van der Waals surface area contributed by atoms with Gasteiger partial charge >= 0.3 is 0 Å². The van der Waals surface area contributed by atoms with Crippen LogP contribution < -0.4 is 10.6 Å². The molecule has 0 bridgehead atoms. The fourth-order valence-corrected chi connectivity index (χ4v) is 2.60. The molecular formula is C16H18ClFN4S. The van der Waals surface area contributed by atoms with E-state index >= 15 is 0 Å². The quantitative estimate of drug-likeness (QED) is 0.634. The van der Waals surface area contributed by atoms with E-state index in [1.165, 1.54) is 6.07 Å². The van der Waals surface area contributed by atoms with Crippen LogP contribution in [0.1, 0.15) is 17.0 Å². The number of halogens is 2. The molecule has 2 aromatic rings. The Morgan fingerprint density at radius 3 is 2.87 bits per heavy atom. The normalized spacial score (nSPS) is 10.4. The lowest BCUT2D eigenvalue weighted by Crippen LogP contribution is -2.28. The monoisotopic (exact) mass is 352 g/mol. The third kappa shape index (κ3) is 4.09. The summed E-state index contributed by atoms with van der Waals surface area (Å²) in [6.45, 7) is 8.22. The van der Waals surface area contributed by atoms with Crippen molar-refractivity contribution in [1.82, 2.24) is 15.1 Å². The van der Waals surface area contributed by atoms with Crippen LogP contribution in [0.3, 0.4) is 0 Å². The number of aromatic nitrogens is 2. The summed E-state index contributed by atoms with van der Waals surface area (Å²) in [5.74, 6) is -0.345. The molecule has 122 valence electrons. The Morgan fingerprint density at radius 2 is 2.22 bits per heavy atom. The van der Waals surface area contributed by atoms with E-state index < -0.39 is 0 Å². The van der Waals surface area contributed by atoms with E-state index in [-0.39, 0.29) is 12.4 Å². The molecule has 0 saturated heterocycles. The van der Waals surface area contributed by atoms with Crippen molar-refractivity contribution in [2.75, 3.05) is 11.9 Å². The van der Waals surface area contributed by atoms with Gasteiger partial charge < -0.3 is 10.6 Å². The van der Waals surface area contributed by atoms with Gasteiger partial charge in [-0.25, -0.2) is 4.39 Å². The van der Waals surface area contributed by atoms with Crippen molar-refractivity contribution in [3.05, 3.63) is 58.6 Å². The van der Waals surface area contributed by atoms with E-state index in [1.54, 1.807) is 22.9 Å². The minimum Gasteiger partial charge on any atom is -0.359 e. The number of rotatable bonds is 5. The van der Waals surface area contributed by atoms with Gasteiger partial charge in [-0.2, -0.15) is 5.10 Å². The van der Waals surface area contributed by atoms with Crippen molar-refractivity contribution in [1.29, 1.82) is 0 Å². The van der Waals surface area contributed by atoms with Crippen LogP contribution >= 0.6 is 23.8 Å². The lowest BCUT2D eigenvalue weighted by Gasteiger charge is -2.10. The van der Waals surface area contributed by atoms with E-state index in [2.05, 4.69) is 22.3 Å². The molecule has 0 aliphatic heterocycles. The SMILES string of the molecule is C=CCNC(=S)Nc1c(C)nn(Cc2c(F)cccc2Cl)c1C. The smallest absolute Gasteiger partial charge is 0.171 e.